The van der Waals surface area contributed by atoms with Crippen molar-refractivity contribution in [2.24, 2.45) is 17.6 Å². The zero-order valence-electron chi connectivity index (χ0n) is 13.5. The van der Waals surface area contributed by atoms with E-state index >= 15 is 0 Å². The van der Waals surface area contributed by atoms with Crippen molar-refractivity contribution in [3.05, 3.63) is 11.9 Å². The highest BCUT2D eigenvalue weighted by atomic mass is 16.5. The topological polar surface area (TPSA) is 53.1 Å². The van der Waals surface area contributed by atoms with Crippen LogP contribution < -0.4 is 10.5 Å². The first kappa shape index (κ1) is 15.4. The molecule has 1 fully saturated rings. The number of rotatable bonds is 4. The van der Waals surface area contributed by atoms with Gasteiger partial charge in [-0.1, -0.05) is 27.2 Å². The van der Waals surface area contributed by atoms with Crippen LogP contribution in [0.3, 0.4) is 0 Å². The minimum Gasteiger partial charge on any atom is -0.493 e. The van der Waals surface area contributed by atoms with E-state index in [0.717, 1.165) is 24.6 Å². The number of methoxy groups -OCH3 is 1. The maximum atomic E-state index is 6.47. The van der Waals surface area contributed by atoms with E-state index in [4.69, 9.17) is 10.5 Å². The quantitative estimate of drug-likeness (QED) is 0.922. The van der Waals surface area contributed by atoms with Gasteiger partial charge in [0.05, 0.1) is 19.0 Å². The van der Waals surface area contributed by atoms with Crippen molar-refractivity contribution >= 4 is 0 Å². The summed E-state index contributed by atoms with van der Waals surface area (Å²) in [6.45, 7) is 9.87. The van der Waals surface area contributed by atoms with Gasteiger partial charge in [0.1, 0.15) is 0 Å². The molecule has 1 saturated carbocycles. The van der Waals surface area contributed by atoms with Gasteiger partial charge in [-0.2, -0.15) is 5.10 Å². The van der Waals surface area contributed by atoms with Crippen LogP contribution in [0.2, 0.25) is 0 Å². The van der Waals surface area contributed by atoms with Gasteiger partial charge in [-0.3, -0.25) is 4.68 Å². The first-order valence-electron chi connectivity index (χ1n) is 7.77. The Morgan fingerprint density at radius 2 is 2.15 bits per heavy atom. The second-order valence-electron chi connectivity index (χ2n) is 6.79. The fourth-order valence-corrected chi connectivity index (χ4v) is 3.90. The molecule has 0 spiro atoms. The number of aromatic nitrogens is 2. The first-order valence-corrected chi connectivity index (χ1v) is 7.77. The van der Waals surface area contributed by atoms with Gasteiger partial charge in [0.25, 0.3) is 0 Å². The van der Waals surface area contributed by atoms with E-state index in [0.29, 0.717) is 5.92 Å². The zero-order chi connectivity index (χ0) is 14.9. The normalized spacial score (nSPS) is 27.6. The SMILES string of the molecule is CCn1ncc(OC)c1C(C)(C)C1CCC(C)CC1N. The van der Waals surface area contributed by atoms with Crippen LogP contribution in [0.25, 0.3) is 0 Å². The molecule has 1 aliphatic rings. The highest BCUT2D eigenvalue weighted by Gasteiger charge is 2.41. The number of nitrogens with zero attached hydrogens (tertiary/aromatic N) is 2. The Balaban J connectivity index is 2.36. The molecule has 2 rings (SSSR count). The molecule has 1 aliphatic carbocycles. The van der Waals surface area contributed by atoms with Crippen LogP contribution >= 0.6 is 0 Å². The third-order valence-corrected chi connectivity index (χ3v) is 5.02. The average molecular weight is 279 g/mol. The van der Waals surface area contributed by atoms with E-state index < -0.39 is 0 Å². The summed E-state index contributed by atoms with van der Waals surface area (Å²) in [5, 5.41) is 4.46. The molecule has 1 aromatic heterocycles. The van der Waals surface area contributed by atoms with Crippen LogP contribution in [0.1, 0.15) is 52.7 Å². The van der Waals surface area contributed by atoms with Gasteiger partial charge in [0, 0.05) is 18.0 Å². The molecule has 20 heavy (non-hydrogen) atoms. The molecule has 4 nitrogen and oxygen atoms in total. The van der Waals surface area contributed by atoms with Gasteiger partial charge in [-0.25, -0.2) is 0 Å². The first-order chi connectivity index (χ1) is 9.41. The number of hydrogen-bond donors (Lipinski definition) is 1. The Kier molecular flexibility index (Phi) is 4.43. The van der Waals surface area contributed by atoms with Crippen LogP contribution in [-0.2, 0) is 12.0 Å². The van der Waals surface area contributed by atoms with Gasteiger partial charge in [0.2, 0.25) is 0 Å². The Morgan fingerprint density at radius 1 is 1.45 bits per heavy atom. The molecular formula is C16H29N3O. The third-order valence-electron chi connectivity index (χ3n) is 5.02. The summed E-state index contributed by atoms with van der Waals surface area (Å²) in [5.41, 5.74) is 7.65. The highest BCUT2D eigenvalue weighted by Crippen LogP contribution is 2.44. The molecule has 4 heteroatoms. The smallest absolute Gasteiger partial charge is 0.160 e. The van der Waals surface area contributed by atoms with E-state index in [1.165, 1.54) is 18.5 Å². The lowest BCUT2D eigenvalue weighted by molar-refractivity contribution is 0.161. The van der Waals surface area contributed by atoms with Crippen molar-refractivity contribution in [3.63, 3.8) is 0 Å². The molecule has 0 bridgehead atoms. The largest absolute Gasteiger partial charge is 0.493 e. The molecule has 0 radical (unpaired) electrons. The molecule has 2 N–H and O–H groups in total. The fraction of sp³-hybridized carbons (Fsp3) is 0.812. The van der Waals surface area contributed by atoms with Crippen molar-refractivity contribution in [1.29, 1.82) is 0 Å². The number of ether oxygens (including phenoxy) is 1. The molecule has 3 atom stereocenters. The molecule has 1 aromatic rings. The lowest BCUT2D eigenvalue weighted by atomic mass is 9.65. The second kappa shape index (κ2) is 5.76. The number of nitrogens with two attached hydrogens (primary N) is 1. The molecule has 0 saturated heterocycles. The molecule has 114 valence electrons. The predicted molar refractivity (Wildman–Crippen MR) is 82.0 cm³/mol. The summed E-state index contributed by atoms with van der Waals surface area (Å²) >= 11 is 0. The molecule has 3 unspecified atom stereocenters. The van der Waals surface area contributed by atoms with E-state index in [-0.39, 0.29) is 11.5 Å². The Bertz CT molecular complexity index is 431. The van der Waals surface area contributed by atoms with Crippen molar-refractivity contribution in [3.8, 4) is 5.75 Å². The number of hydrogen-bond acceptors (Lipinski definition) is 3. The van der Waals surface area contributed by atoms with Gasteiger partial charge in [-0.05, 0) is 31.6 Å². The van der Waals surface area contributed by atoms with Gasteiger partial charge in [-0.15, -0.1) is 0 Å². The minimum absolute atomic E-state index is 0.0165. The summed E-state index contributed by atoms with van der Waals surface area (Å²) in [4.78, 5) is 0. The Labute approximate surface area is 122 Å². The van der Waals surface area contributed by atoms with Crippen molar-refractivity contribution < 1.29 is 4.74 Å². The summed E-state index contributed by atoms with van der Waals surface area (Å²) in [7, 11) is 1.72. The van der Waals surface area contributed by atoms with Crippen molar-refractivity contribution in [2.75, 3.05) is 7.11 Å². The van der Waals surface area contributed by atoms with Gasteiger partial charge < -0.3 is 10.5 Å². The van der Waals surface area contributed by atoms with Crippen LogP contribution in [0, 0.1) is 11.8 Å². The average Bonchev–Trinajstić information content (AvgIpc) is 2.81. The lowest BCUT2D eigenvalue weighted by Gasteiger charge is -2.43. The maximum Gasteiger partial charge on any atom is 0.160 e. The minimum atomic E-state index is -0.0165. The summed E-state index contributed by atoms with van der Waals surface area (Å²) in [6, 6.07) is 0.263. The summed E-state index contributed by atoms with van der Waals surface area (Å²) in [5.74, 6) is 2.12. The van der Waals surface area contributed by atoms with E-state index in [9.17, 15) is 0 Å². The molecule has 0 aromatic carbocycles. The highest BCUT2D eigenvalue weighted by molar-refractivity contribution is 5.33. The molecule has 0 aliphatic heterocycles. The van der Waals surface area contributed by atoms with Crippen LogP contribution in [0.15, 0.2) is 6.20 Å². The van der Waals surface area contributed by atoms with E-state index in [1.54, 1.807) is 7.11 Å². The van der Waals surface area contributed by atoms with Crippen molar-refractivity contribution in [2.45, 2.75) is 65.0 Å². The summed E-state index contributed by atoms with van der Waals surface area (Å²) < 4.78 is 7.60. The Hall–Kier alpha value is -1.03. The summed E-state index contributed by atoms with van der Waals surface area (Å²) in [6.07, 6.45) is 5.41. The number of aryl methyl sites for hydroxylation is 1. The van der Waals surface area contributed by atoms with E-state index in [2.05, 4.69) is 37.5 Å². The van der Waals surface area contributed by atoms with Crippen LogP contribution in [0.4, 0.5) is 0 Å². The van der Waals surface area contributed by atoms with Gasteiger partial charge >= 0.3 is 0 Å². The van der Waals surface area contributed by atoms with Crippen LogP contribution in [-0.4, -0.2) is 22.9 Å². The predicted octanol–water partition coefficient (Wildman–Crippen LogP) is 2.95. The second-order valence-corrected chi connectivity index (χ2v) is 6.79. The van der Waals surface area contributed by atoms with Crippen LogP contribution in [0.5, 0.6) is 5.75 Å². The molecule has 0 amide bonds. The van der Waals surface area contributed by atoms with E-state index in [1.807, 2.05) is 6.20 Å². The van der Waals surface area contributed by atoms with Gasteiger partial charge in [0.15, 0.2) is 5.75 Å². The zero-order valence-corrected chi connectivity index (χ0v) is 13.5. The van der Waals surface area contributed by atoms with Crippen molar-refractivity contribution in [1.82, 2.24) is 9.78 Å². The standard InChI is InChI=1S/C16H29N3O/c1-6-19-15(14(20-5)10-18-19)16(3,4)12-8-7-11(2)9-13(12)17/h10-13H,6-9,17H2,1-5H3. The fourth-order valence-electron chi connectivity index (χ4n) is 3.90. The maximum absolute atomic E-state index is 6.47. The molecular weight excluding hydrogens is 250 g/mol. The Morgan fingerprint density at radius 3 is 2.70 bits per heavy atom. The molecule has 1 heterocycles. The lowest BCUT2D eigenvalue weighted by Crippen LogP contribution is -2.46. The monoisotopic (exact) mass is 279 g/mol. The third kappa shape index (κ3) is 2.58.